The van der Waals surface area contributed by atoms with Gasteiger partial charge < -0.3 is 0 Å². The van der Waals surface area contributed by atoms with E-state index in [0.29, 0.717) is 0 Å². The first-order chi connectivity index (χ1) is 7.57. The Morgan fingerprint density at radius 3 is 2.62 bits per heavy atom. The fraction of sp³-hybridized carbons (Fsp3) is 0.700. The van der Waals surface area contributed by atoms with E-state index in [1.807, 2.05) is 20.1 Å². The quantitative estimate of drug-likeness (QED) is 0.584. The lowest BCUT2D eigenvalue weighted by Gasteiger charge is -2.13. The summed E-state index contributed by atoms with van der Waals surface area (Å²) in [6.07, 6.45) is 3.98. The molecule has 0 aromatic carbocycles. The molecule has 6 heteroatoms. The number of nitriles is 1. The molecular formula is C10H15N3S3. The van der Waals surface area contributed by atoms with Gasteiger partial charge in [-0.3, -0.25) is 0 Å². The van der Waals surface area contributed by atoms with Gasteiger partial charge in [0.25, 0.3) is 0 Å². The lowest BCUT2D eigenvalue weighted by atomic mass is 9.90. The van der Waals surface area contributed by atoms with Crippen molar-refractivity contribution in [3.05, 3.63) is 0 Å². The maximum absolute atomic E-state index is 8.87. The van der Waals surface area contributed by atoms with E-state index in [2.05, 4.69) is 16.3 Å². The highest BCUT2D eigenvalue weighted by atomic mass is 32.2. The predicted octanol–water partition coefficient (Wildman–Crippen LogP) is 3.68. The topological polar surface area (TPSA) is 49.6 Å². The number of rotatable bonds is 6. The molecule has 0 saturated heterocycles. The molecule has 0 aliphatic rings. The zero-order valence-corrected chi connectivity index (χ0v) is 12.1. The largest absolute Gasteiger partial charge is 0.198 e. The summed E-state index contributed by atoms with van der Waals surface area (Å²) in [4.78, 5) is 0. The number of aromatic nitrogens is 2. The molecule has 0 saturated carbocycles. The highest BCUT2D eigenvalue weighted by Gasteiger charge is 2.15. The van der Waals surface area contributed by atoms with E-state index >= 15 is 0 Å². The van der Waals surface area contributed by atoms with Crippen LogP contribution in [0, 0.1) is 16.7 Å². The molecule has 0 N–H and O–H groups in total. The van der Waals surface area contributed by atoms with Gasteiger partial charge >= 0.3 is 0 Å². The standard InChI is InChI=1S/C10H15N3S3/c1-10(2,7-11)5-4-6-15-9-13-12-8(14-3)16-9/h4-6H2,1-3H3. The van der Waals surface area contributed by atoms with Crippen LogP contribution in [0.3, 0.4) is 0 Å². The van der Waals surface area contributed by atoms with Gasteiger partial charge in [-0.2, -0.15) is 5.26 Å². The number of nitrogens with zero attached hydrogens (tertiary/aromatic N) is 3. The van der Waals surface area contributed by atoms with Gasteiger partial charge in [0.2, 0.25) is 0 Å². The maximum atomic E-state index is 8.87. The van der Waals surface area contributed by atoms with Crippen LogP contribution in [-0.2, 0) is 0 Å². The third-order valence-electron chi connectivity index (χ3n) is 2.04. The number of thioether (sulfide) groups is 2. The van der Waals surface area contributed by atoms with Gasteiger partial charge in [0.15, 0.2) is 8.68 Å². The summed E-state index contributed by atoms with van der Waals surface area (Å²) < 4.78 is 2.04. The van der Waals surface area contributed by atoms with Crippen LogP contribution >= 0.6 is 34.9 Å². The minimum Gasteiger partial charge on any atom is -0.198 e. The molecule has 1 aromatic rings. The Bertz CT molecular complexity index is 368. The van der Waals surface area contributed by atoms with E-state index < -0.39 is 0 Å². The van der Waals surface area contributed by atoms with E-state index in [1.54, 1.807) is 34.9 Å². The molecule has 0 aliphatic heterocycles. The Kier molecular flexibility index (Phi) is 5.59. The van der Waals surface area contributed by atoms with E-state index in [9.17, 15) is 0 Å². The van der Waals surface area contributed by atoms with Crippen LogP contribution in [0.25, 0.3) is 0 Å². The minimum atomic E-state index is -0.202. The Morgan fingerprint density at radius 1 is 1.38 bits per heavy atom. The zero-order chi connectivity index (χ0) is 12.0. The highest BCUT2D eigenvalue weighted by molar-refractivity contribution is 8.02. The van der Waals surface area contributed by atoms with Crippen LogP contribution in [0.5, 0.6) is 0 Å². The normalized spacial score (nSPS) is 11.4. The van der Waals surface area contributed by atoms with Gasteiger partial charge in [0, 0.05) is 5.75 Å². The lowest BCUT2D eigenvalue weighted by Crippen LogP contribution is -2.07. The van der Waals surface area contributed by atoms with Gasteiger partial charge in [-0.05, 0) is 32.9 Å². The van der Waals surface area contributed by atoms with Crippen LogP contribution in [0.15, 0.2) is 8.68 Å². The Balaban J connectivity index is 2.24. The zero-order valence-electron chi connectivity index (χ0n) is 9.69. The summed E-state index contributed by atoms with van der Waals surface area (Å²) in [5.74, 6) is 1.01. The van der Waals surface area contributed by atoms with Crippen molar-refractivity contribution in [3.63, 3.8) is 0 Å². The SMILES string of the molecule is CSc1nnc(SCCCC(C)(C)C#N)s1. The van der Waals surface area contributed by atoms with Crippen molar-refractivity contribution in [2.75, 3.05) is 12.0 Å². The summed E-state index contributed by atoms with van der Waals surface area (Å²) in [5.41, 5.74) is -0.202. The third-order valence-corrected chi connectivity index (χ3v) is 5.16. The van der Waals surface area contributed by atoms with Gasteiger partial charge in [0.05, 0.1) is 11.5 Å². The van der Waals surface area contributed by atoms with Crippen LogP contribution in [0.1, 0.15) is 26.7 Å². The first-order valence-corrected chi connectivity index (χ1v) is 8.01. The van der Waals surface area contributed by atoms with Gasteiger partial charge in [-0.25, -0.2) is 0 Å². The summed E-state index contributed by atoms with van der Waals surface area (Å²) in [7, 11) is 0. The first kappa shape index (κ1) is 13.8. The van der Waals surface area contributed by atoms with Gasteiger partial charge in [-0.15, -0.1) is 10.2 Å². The molecule has 0 radical (unpaired) electrons. The number of hydrogen-bond acceptors (Lipinski definition) is 6. The molecule has 1 aromatic heterocycles. The van der Waals surface area contributed by atoms with Crippen LogP contribution in [0.2, 0.25) is 0 Å². The van der Waals surface area contributed by atoms with Crippen molar-refractivity contribution in [3.8, 4) is 6.07 Å². The van der Waals surface area contributed by atoms with Crippen molar-refractivity contribution in [1.29, 1.82) is 5.26 Å². The monoisotopic (exact) mass is 273 g/mol. The average Bonchev–Trinajstić information content (AvgIpc) is 2.72. The first-order valence-electron chi connectivity index (χ1n) is 4.99. The highest BCUT2D eigenvalue weighted by Crippen LogP contribution is 2.29. The second-order valence-electron chi connectivity index (χ2n) is 3.99. The molecule has 0 atom stereocenters. The molecule has 3 nitrogen and oxygen atoms in total. The summed E-state index contributed by atoms with van der Waals surface area (Å²) in [6.45, 7) is 3.96. The molecule has 88 valence electrons. The van der Waals surface area contributed by atoms with Crippen LogP contribution in [0.4, 0.5) is 0 Å². The molecule has 0 fully saturated rings. The maximum Gasteiger partial charge on any atom is 0.175 e. The van der Waals surface area contributed by atoms with Crippen molar-refractivity contribution in [2.45, 2.75) is 35.4 Å². The molecule has 0 unspecified atom stereocenters. The van der Waals surface area contributed by atoms with E-state index in [0.717, 1.165) is 27.3 Å². The van der Waals surface area contributed by atoms with E-state index in [1.165, 1.54) is 0 Å². The Hall–Kier alpha value is -0.250. The van der Waals surface area contributed by atoms with Crippen molar-refractivity contribution >= 4 is 34.9 Å². The second kappa shape index (κ2) is 6.48. The molecule has 0 amide bonds. The molecule has 0 bridgehead atoms. The molecule has 1 heterocycles. The summed E-state index contributed by atoms with van der Waals surface area (Å²) >= 11 is 4.99. The number of hydrogen-bond donors (Lipinski definition) is 0. The predicted molar refractivity (Wildman–Crippen MR) is 71.0 cm³/mol. The fourth-order valence-corrected chi connectivity index (χ4v) is 3.52. The molecule has 1 rings (SSSR count). The fourth-order valence-electron chi connectivity index (χ4n) is 1.07. The Labute approximate surface area is 109 Å². The van der Waals surface area contributed by atoms with Crippen molar-refractivity contribution < 1.29 is 0 Å². The summed E-state index contributed by atoms with van der Waals surface area (Å²) in [5, 5.41) is 17.0. The van der Waals surface area contributed by atoms with E-state index in [4.69, 9.17) is 5.26 Å². The second-order valence-corrected chi connectivity index (χ2v) is 7.36. The van der Waals surface area contributed by atoms with E-state index in [-0.39, 0.29) is 5.41 Å². The van der Waals surface area contributed by atoms with Gasteiger partial charge in [-0.1, -0.05) is 34.9 Å². The van der Waals surface area contributed by atoms with Crippen molar-refractivity contribution in [2.24, 2.45) is 5.41 Å². The van der Waals surface area contributed by atoms with Gasteiger partial charge in [0.1, 0.15) is 0 Å². The molecule has 0 spiro atoms. The van der Waals surface area contributed by atoms with Crippen LogP contribution in [-0.4, -0.2) is 22.2 Å². The lowest BCUT2D eigenvalue weighted by molar-refractivity contribution is 0.448. The average molecular weight is 273 g/mol. The Morgan fingerprint density at radius 2 is 2.06 bits per heavy atom. The molecular weight excluding hydrogens is 258 g/mol. The molecule has 0 aliphatic carbocycles. The smallest absolute Gasteiger partial charge is 0.175 e. The van der Waals surface area contributed by atoms with Crippen molar-refractivity contribution in [1.82, 2.24) is 10.2 Å². The van der Waals surface area contributed by atoms with Crippen LogP contribution < -0.4 is 0 Å². The summed E-state index contributed by atoms with van der Waals surface area (Å²) in [6, 6.07) is 2.32. The molecule has 16 heavy (non-hydrogen) atoms. The minimum absolute atomic E-state index is 0.202. The third kappa shape index (κ3) is 4.73.